The Morgan fingerprint density at radius 3 is 2.00 bits per heavy atom. The number of aryl methyl sites for hydroxylation is 1. The fraction of sp³-hybridized carbons (Fsp3) is 0.440. The predicted octanol–water partition coefficient (Wildman–Crippen LogP) is 3.16. The van der Waals surface area contributed by atoms with Crippen molar-refractivity contribution >= 4 is 22.0 Å². The molecule has 186 valence electrons. The van der Waals surface area contributed by atoms with Crippen LogP contribution in [0, 0.1) is 12.8 Å². The third-order valence-electron chi connectivity index (χ3n) is 5.62. The Hall–Kier alpha value is -2.75. The maximum Gasteiger partial charge on any atom is 0.414 e. The van der Waals surface area contributed by atoms with Crippen molar-refractivity contribution in [2.75, 3.05) is 19.6 Å². The Kier molecular flexibility index (Phi) is 9.78. The van der Waals surface area contributed by atoms with Crippen LogP contribution in [0.2, 0.25) is 0 Å². The molecule has 2 aromatic carbocycles. The van der Waals surface area contributed by atoms with Gasteiger partial charge in [-0.3, -0.25) is 0 Å². The molecule has 1 aliphatic rings. The lowest BCUT2D eigenvalue weighted by Gasteiger charge is -2.37. The van der Waals surface area contributed by atoms with E-state index in [9.17, 15) is 8.42 Å². The molecule has 8 nitrogen and oxygen atoms in total. The first-order valence-electron chi connectivity index (χ1n) is 11.2. The van der Waals surface area contributed by atoms with Crippen molar-refractivity contribution < 1.29 is 28.2 Å². The number of nitrogens with zero attached hydrogens (tertiary/aromatic N) is 1. The number of hydrogen-bond acceptors (Lipinski definition) is 5. The largest absolute Gasteiger partial charge is 0.473 e. The van der Waals surface area contributed by atoms with E-state index in [4.69, 9.17) is 19.8 Å². The summed E-state index contributed by atoms with van der Waals surface area (Å²) >= 11 is 0. The molecule has 3 rings (SSSR count). The number of nitrogens with one attached hydrogen (secondary N) is 1. The van der Waals surface area contributed by atoms with Gasteiger partial charge in [0.05, 0.1) is 4.90 Å². The minimum atomic E-state index is -3.51. The van der Waals surface area contributed by atoms with Crippen molar-refractivity contribution in [3.63, 3.8) is 0 Å². The first-order valence-corrected chi connectivity index (χ1v) is 12.7. The van der Waals surface area contributed by atoms with Crippen LogP contribution < -0.4 is 4.72 Å². The van der Waals surface area contributed by atoms with Crippen LogP contribution >= 0.6 is 0 Å². The summed E-state index contributed by atoms with van der Waals surface area (Å²) in [5, 5.41) is 14.8. The van der Waals surface area contributed by atoms with Crippen LogP contribution in [0.4, 0.5) is 0 Å². The molecule has 1 aliphatic heterocycles. The molecule has 1 fully saturated rings. The molecule has 0 aliphatic carbocycles. The van der Waals surface area contributed by atoms with Gasteiger partial charge < -0.3 is 15.1 Å². The summed E-state index contributed by atoms with van der Waals surface area (Å²) in [5.74, 6) is -2.93. The Bertz CT molecular complexity index is 1030. The lowest BCUT2D eigenvalue weighted by Crippen LogP contribution is -2.52. The Morgan fingerprint density at radius 2 is 1.50 bits per heavy atom. The van der Waals surface area contributed by atoms with Crippen molar-refractivity contribution in [3.05, 3.63) is 65.7 Å². The van der Waals surface area contributed by atoms with E-state index in [0.29, 0.717) is 10.8 Å². The minimum Gasteiger partial charge on any atom is -0.473 e. The molecule has 34 heavy (non-hydrogen) atoms. The van der Waals surface area contributed by atoms with E-state index in [1.165, 1.54) is 5.56 Å². The molecule has 9 heteroatoms. The summed E-state index contributed by atoms with van der Waals surface area (Å²) in [4.78, 5) is 20.9. The van der Waals surface area contributed by atoms with Crippen molar-refractivity contribution in [3.8, 4) is 0 Å². The van der Waals surface area contributed by atoms with Gasteiger partial charge in [0.25, 0.3) is 0 Å². The van der Waals surface area contributed by atoms with Gasteiger partial charge >= 0.3 is 11.9 Å². The summed E-state index contributed by atoms with van der Waals surface area (Å²) < 4.78 is 28.4. The van der Waals surface area contributed by atoms with Gasteiger partial charge in [0.1, 0.15) is 0 Å². The van der Waals surface area contributed by atoms with E-state index >= 15 is 0 Å². The SMILES string of the molecule is Cc1ccc(S(=O)(=O)NC(C)(C)CN2CCC(Cc3ccccc3)CC2)cc1.O=C(O)C(=O)O. The van der Waals surface area contributed by atoms with Gasteiger partial charge in [-0.1, -0.05) is 48.0 Å². The molecule has 0 spiro atoms. The van der Waals surface area contributed by atoms with Crippen LogP contribution in [0.5, 0.6) is 0 Å². The number of carbonyl (C=O) groups is 2. The molecule has 0 bridgehead atoms. The summed E-state index contributed by atoms with van der Waals surface area (Å²) in [6.45, 7) is 8.65. The van der Waals surface area contributed by atoms with Gasteiger partial charge in [-0.15, -0.1) is 0 Å². The van der Waals surface area contributed by atoms with E-state index < -0.39 is 27.5 Å². The molecule has 3 N–H and O–H groups in total. The lowest BCUT2D eigenvalue weighted by molar-refractivity contribution is -0.159. The Balaban J connectivity index is 0.000000604. The third-order valence-corrected chi connectivity index (χ3v) is 7.33. The van der Waals surface area contributed by atoms with Crippen LogP contribution in [0.3, 0.4) is 0 Å². The first kappa shape index (κ1) is 27.5. The van der Waals surface area contributed by atoms with Crippen molar-refractivity contribution in [2.45, 2.75) is 50.5 Å². The standard InChI is InChI=1S/C23H32N2O2S.C2H2O4/c1-19-9-11-22(12-10-19)28(26,27)24-23(2,3)18-25-15-13-21(14-16-25)17-20-7-5-4-6-8-20;3-1(4)2(5)6/h4-12,21,24H,13-18H2,1-3H3;(H,3,4)(H,5,6). The normalized spacial score (nSPS) is 15.3. The molecule has 0 saturated carbocycles. The topological polar surface area (TPSA) is 124 Å². The summed E-state index contributed by atoms with van der Waals surface area (Å²) in [5.41, 5.74) is 1.94. The molecular formula is C25H34N2O6S. The average Bonchev–Trinajstić information content (AvgIpc) is 2.75. The van der Waals surface area contributed by atoms with Gasteiger partial charge in [-0.25, -0.2) is 22.7 Å². The second-order valence-electron chi connectivity index (χ2n) is 9.32. The average molecular weight is 491 g/mol. The van der Waals surface area contributed by atoms with Crippen LogP contribution in [0.15, 0.2) is 59.5 Å². The van der Waals surface area contributed by atoms with Gasteiger partial charge in [-0.2, -0.15) is 0 Å². The van der Waals surface area contributed by atoms with Gasteiger partial charge in [0, 0.05) is 12.1 Å². The Labute approximate surface area is 201 Å². The number of sulfonamides is 1. The zero-order valence-electron chi connectivity index (χ0n) is 19.9. The van der Waals surface area contributed by atoms with Crippen LogP contribution in [-0.4, -0.2) is 60.6 Å². The molecular weight excluding hydrogens is 456 g/mol. The van der Waals surface area contributed by atoms with Crippen molar-refractivity contribution in [1.29, 1.82) is 0 Å². The van der Waals surface area contributed by atoms with Crippen LogP contribution in [-0.2, 0) is 26.0 Å². The Morgan fingerprint density at radius 1 is 0.971 bits per heavy atom. The molecule has 2 aromatic rings. The number of piperidine rings is 1. The molecule has 0 unspecified atom stereocenters. The van der Waals surface area contributed by atoms with E-state index in [-0.39, 0.29) is 0 Å². The second kappa shape index (κ2) is 12.1. The van der Waals surface area contributed by atoms with E-state index in [0.717, 1.165) is 44.5 Å². The highest BCUT2D eigenvalue weighted by atomic mass is 32.2. The zero-order chi connectivity index (χ0) is 25.4. The minimum absolute atomic E-state index is 0.327. The van der Waals surface area contributed by atoms with Crippen molar-refractivity contribution in [1.82, 2.24) is 9.62 Å². The van der Waals surface area contributed by atoms with Crippen molar-refractivity contribution in [2.24, 2.45) is 5.92 Å². The molecule has 0 radical (unpaired) electrons. The highest BCUT2D eigenvalue weighted by Gasteiger charge is 2.30. The van der Waals surface area contributed by atoms with Crippen LogP contribution in [0.25, 0.3) is 0 Å². The highest BCUT2D eigenvalue weighted by molar-refractivity contribution is 7.89. The number of carboxylic acid groups (broad SMARTS) is 2. The molecule has 0 atom stereocenters. The maximum atomic E-state index is 12.7. The van der Waals surface area contributed by atoms with Gasteiger partial charge in [-0.05, 0) is 76.7 Å². The van der Waals surface area contributed by atoms with E-state index in [1.54, 1.807) is 12.1 Å². The first-order chi connectivity index (χ1) is 15.9. The number of carboxylic acids is 2. The lowest BCUT2D eigenvalue weighted by atomic mass is 9.89. The van der Waals surface area contributed by atoms with Gasteiger partial charge in [0.2, 0.25) is 10.0 Å². The highest BCUT2D eigenvalue weighted by Crippen LogP contribution is 2.23. The predicted molar refractivity (Wildman–Crippen MR) is 130 cm³/mol. The zero-order valence-corrected chi connectivity index (χ0v) is 20.7. The molecule has 0 amide bonds. The molecule has 1 heterocycles. The van der Waals surface area contributed by atoms with E-state index in [2.05, 4.69) is 40.0 Å². The fourth-order valence-electron chi connectivity index (χ4n) is 4.03. The number of hydrogen-bond donors (Lipinski definition) is 3. The van der Waals surface area contributed by atoms with Crippen LogP contribution in [0.1, 0.15) is 37.8 Å². The van der Waals surface area contributed by atoms with E-state index in [1.807, 2.05) is 32.9 Å². The number of likely N-dealkylation sites (tertiary alicyclic amines) is 1. The number of rotatable bonds is 7. The van der Waals surface area contributed by atoms with Gasteiger partial charge in [0.15, 0.2) is 0 Å². The molecule has 1 saturated heterocycles. The quantitative estimate of drug-likeness (QED) is 0.509. The second-order valence-corrected chi connectivity index (χ2v) is 11.0. The molecule has 0 aromatic heterocycles. The number of aliphatic carboxylic acids is 2. The summed E-state index contributed by atoms with van der Waals surface area (Å²) in [6, 6.07) is 17.7. The fourth-order valence-corrected chi connectivity index (χ4v) is 5.43. The maximum absolute atomic E-state index is 12.7. The summed E-state index contributed by atoms with van der Waals surface area (Å²) in [6.07, 6.45) is 3.46. The third kappa shape index (κ3) is 9.24. The smallest absolute Gasteiger partial charge is 0.414 e. The monoisotopic (exact) mass is 490 g/mol. The number of benzene rings is 2. The summed E-state index contributed by atoms with van der Waals surface area (Å²) in [7, 11) is -3.51.